The van der Waals surface area contributed by atoms with Gasteiger partial charge in [-0.3, -0.25) is 4.79 Å². The van der Waals surface area contributed by atoms with Crippen LogP contribution in [0.4, 0.5) is 24.8 Å². The average Bonchev–Trinajstić information content (AvgIpc) is 2.62. The first-order chi connectivity index (χ1) is 11.9. The number of amides is 1. The lowest BCUT2D eigenvalue weighted by Gasteiger charge is -2.26. The predicted molar refractivity (Wildman–Crippen MR) is 84.5 cm³/mol. The molecule has 0 atom stereocenters. The Morgan fingerprint density at radius 3 is 2.48 bits per heavy atom. The number of aromatic nitrogens is 2. The van der Waals surface area contributed by atoms with Crippen LogP contribution in [0.2, 0.25) is 0 Å². The third-order valence-electron chi connectivity index (χ3n) is 3.64. The molecule has 0 radical (unpaired) electrons. The maximum absolute atomic E-state index is 12.7. The number of ether oxygens (including phenoxy) is 1. The zero-order chi connectivity index (χ0) is 17.9. The van der Waals surface area contributed by atoms with E-state index in [4.69, 9.17) is 4.74 Å². The van der Waals surface area contributed by atoms with Crippen molar-refractivity contribution in [2.24, 2.45) is 0 Å². The highest BCUT2D eigenvalue weighted by atomic mass is 19.4. The lowest BCUT2D eigenvalue weighted by Crippen LogP contribution is -2.37. The molecule has 6 nitrogen and oxygen atoms in total. The topological polar surface area (TPSA) is 67.4 Å². The van der Waals surface area contributed by atoms with E-state index in [1.807, 2.05) is 4.90 Å². The molecule has 2 aromatic rings. The van der Waals surface area contributed by atoms with E-state index in [0.29, 0.717) is 37.9 Å². The number of carbonyl (C=O) groups is 1. The molecule has 1 N–H and O–H groups in total. The minimum atomic E-state index is -4.50. The summed E-state index contributed by atoms with van der Waals surface area (Å²) in [6, 6.07) is 4.22. The fourth-order valence-corrected chi connectivity index (χ4v) is 2.35. The van der Waals surface area contributed by atoms with Crippen molar-refractivity contribution in [3.63, 3.8) is 0 Å². The van der Waals surface area contributed by atoms with Crippen LogP contribution < -0.4 is 10.2 Å². The fraction of sp³-hybridized carbons (Fsp3) is 0.312. The number of rotatable bonds is 3. The van der Waals surface area contributed by atoms with Crippen LogP contribution in [-0.2, 0) is 10.9 Å². The molecule has 0 spiro atoms. The number of carbonyl (C=O) groups excluding carboxylic acids is 1. The number of benzene rings is 1. The van der Waals surface area contributed by atoms with Crippen LogP contribution in [0, 0.1) is 0 Å². The van der Waals surface area contributed by atoms with Crippen LogP contribution in [0.15, 0.2) is 36.7 Å². The molecule has 132 valence electrons. The monoisotopic (exact) mass is 352 g/mol. The average molecular weight is 352 g/mol. The minimum Gasteiger partial charge on any atom is -0.378 e. The highest BCUT2D eigenvalue weighted by molar-refractivity contribution is 6.04. The van der Waals surface area contributed by atoms with E-state index < -0.39 is 17.6 Å². The van der Waals surface area contributed by atoms with E-state index in [2.05, 4.69) is 15.3 Å². The standard InChI is InChI=1S/C16H15F3N4O2/c17-16(18,19)12-3-1-2-11(8-12)14(24)22-13-9-20-15(21-10-13)23-4-6-25-7-5-23/h1-3,8-10H,4-7H2,(H,22,24). The second-order valence-electron chi connectivity index (χ2n) is 5.40. The van der Waals surface area contributed by atoms with Crippen LogP contribution in [0.5, 0.6) is 0 Å². The summed E-state index contributed by atoms with van der Waals surface area (Å²) in [4.78, 5) is 22.4. The summed E-state index contributed by atoms with van der Waals surface area (Å²) in [6.45, 7) is 2.54. The molecule has 1 aliphatic heterocycles. The van der Waals surface area contributed by atoms with Gasteiger partial charge in [-0.2, -0.15) is 13.2 Å². The molecule has 1 saturated heterocycles. The maximum atomic E-state index is 12.7. The molecule has 1 aromatic heterocycles. The van der Waals surface area contributed by atoms with Gasteiger partial charge in [-0.1, -0.05) is 6.07 Å². The van der Waals surface area contributed by atoms with Crippen molar-refractivity contribution < 1.29 is 22.7 Å². The summed E-state index contributed by atoms with van der Waals surface area (Å²) in [5.41, 5.74) is -0.662. The quantitative estimate of drug-likeness (QED) is 0.920. The molecule has 0 unspecified atom stereocenters. The van der Waals surface area contributed by atoms with Crippen molar-refractivity contribution in [1.82, 2.24) is 9.97 Å². The number of halogens is 3. The molecule has 1 aliphatic rings. The minimum absolute atomic E-state index is 0.0907. The Morgan fingerprint density at radius 1 is 1.16 bits per heavy atom. The Balaban J connectivity index is 1.68. The Morgan fingerprint density at radius 2 is 1.84 bits per heavy atom. The van der Waals surface area contributed by atoms with Crippen molar-refractivity contribution in [2.75, 3.05) is 36.5 Å². The number of nitrogens with zero attached hydrogens (tertiary/aromatic N) is 3. The van der Waals surface area contributed by atoms with E-state index in [0.717, 1.165) is 12.1 Å². The molecule has 0 aliphatic carbocycles. The Labute approximate surface area is 141 Å². The fourth-order valence-electron chi connectivity index (χ4n) is 2.35. The highest BCUT2D eigenvalue weighted by Crippen LogP contribution is 2.29. The van der Waals surface area contributed by atoms with Crippen LogP contribution in [0.3, 0.4) is 0 Å². The van der Waals surface area contributed by atoms with Crippen LogP contribution in [0.25, 0.3) is 0 Å². The summed E-state index contributed by atoms with van der Waals surface area (Å²) in [6.07, 6.45) is -1.66. The summed E-state index contributed by atoms with van der Waals surface area (Å²) < 4.78 is 43.4. The largest absolute Gasteiger partial charge is 0.416 e. The molecule has 9 heteroatoms. The van der Waals surface area contributed by atoms with Gasteiger partial charge in [0.05, 0.1) is 36.9 Å². The van der Waals surface area contributed by atoms with Gasteiger partial charge in [0.2, 0.25) is 5.95 Å². The summed E-state index contributed by atoms with van der Waals surface area (Å²) in [5, 5.41) is 2.49. The van der Waals surface area contributed by atoms with Gasteiger partial charge in [-0.05, 0) is 18.2 Å². The van der Waals surface area contributed by atoms with Gasteiger partial charge in [-0.25, -0.2) is 9.97 Å². The number of hydrogen-bond donors (Lipinski definition) is 1. The van der Waals surface area contributed by atoms with Gasteiger partial charge < -0.3 is 15.0 Å². The smallest absolute Gasteiger partial charge is 0.378 e. The van der Waals surface area contributed by atoms with E-state index in [9.17, 15) is 18.0 Å². The third-order valence-corrected chi connectivity index (χ3v) is 3.64. The molecule has 1 aromatic carbocycles. The van der Waals surface area contributed by atoms with Gasteiger partial charge in [0, 0.05) is 18.7 Å². The van der Waals surface area contributed by atoms with Crippen molar-refractivity contribution in [2.45, 2.75) is 6.18 Å². The van der Waals surface area contributed by atoms with Crippen molar-refractivity contribution in [1.29, 1.82) is 0 Å². The van der Waals surface area contributed by atoms with E-state index in [1.54, 1.807) is 0 Å². The van der Waals surface area contributed by atoms with Crippen LogP contribution in [0.1, 0.15) is 15.9 Å². The van der Waals surface area contributed by atoms with E-state index in [-0.39, 0.29) is 5.56 Å². The number of hydrogen-bond acceptors (Lipinski definition) is 5. The summed E-state index contributed by atoms with van der Waals surface area (Å²) in [5.74, 6) is -0.144. The summed E-state index contributed by atoms with van der Waals surface area (Å²) >= 11 is 0. The summed E-state index contributed by atoms with van der Waals surface area (Å²) in [7, 11) is 0. The molecule has 3 rings (SSSR count). The van der Waals surface area contributed by atoms with Gasteiger partial charge in [0.1, 0.15) is 0 Å². The molecular weight excluding hydrogens is 337 g/mol. The normalized spacial score (nSPS) is 15.1. The highest BCUT2D eigenvalue weighted by Gasteiger charge is 2.30. The first-order valence-electron chi connectivity index (χ1n) is 7.57. The SMILES string of the molecule is O=C(Nc1cnc(N2CCOCC2)nc1)c1cccc(C(F)(F)F)c1. The zero-order valence-electron chi connectivity index (χ0n) is 13.1. The molecule has 2 heterocycles. The van der Waals surface area contributed by atoms with Crippen molar-refractivity contribution in [3.8, 4) is 0 Å². The van der Waals surface area contributed by atoms with Gasteiger partial charge in [0.25, 0.3) is 5.91 Å². The van der Waals surface area contributed by atoms with Gasteiger partial charge >= 0.3 is 6.18 Å². The first-order valence-corrected chi connectivity index (χ1v) is 7.57. The molecular formula is C16H15F3N4O2. The van der Waals surface area contributed by atoms with Crippen LogP contribution >= 0.6 is 0 Å². The molecule has 25 heavy (non-hydrogen) atoms. The predicted octanol–water partition coefficient (Wildman–Crippen LogP) is 2.58. The third kappa shape index (κ3) is 4.24. The van der Waals surface area contributed by atoms with E-state index >= 15 is 0 Å². The van der Waals surface area contributed by atoms with Crippen molar-refractivity contribution >= 4 is 17.5 Å². The first kappa shape index (κ1) is 17.2. The Kier molecular flexibility index (Phi) is 4.84. The number of nitrogens with one attached hydrogen (secondary N) is 1. The molecule has 1 amide bonds. The molecule has 1 fully saturated rings. The van der Waals surface area contributed by atoms with Gasteiger partial charge in [0.15, 0.2) is 0 Å². The Hall–Kier alpha value is -2.68. The second kappa shape index (κ2) is 7.06. The lowest BCUT2D eigenvalue weighted by atomic mass is 10.1. The van der Waals surface area contributed by atoms with Gasteiger partial charge in [-0.15, -0.1) is 0 Å². The Bertz CT molecular complexity index is 744. The van der Waals surface area contributed by atoms with Crippen LogP contribution in [-0.4, -0.2) is 42.2 Å². The van der Waals surface area contributed by atoms with Crippen molar-refractivity contribution in [3.05, 3.63) is 47.8 Å². The number of morpholine rings is 1. The molecule has 0 bridgehead atoms. The number of alkyl halides is 3. The van der Waals surface area contributed by atoms with E-state index in [1.165, 1.54) is 24.5 Å². The maximum Gasteiger partial charge on any atom is 0.416 e. The second-order valence-corrected chi connectivity index (χ2v) is 5.40. The zero-order valence-corrected chi connectivity index (χ0v) is 13.1. The molecule has 0 saturated carbocycles. The number of anilines is 2. The lowest BCUT2D eigenvalue weighted by molar-refractivity contribution is -0.137.